The molecular weight excluding hydrogens is 150 g/mol. The van der Waals surface area contributed by atoms with Gasteiger partial charge in [-0.1, -0.05) is 6.07 Å². The summed E-state index contributed by atoms with van der Waals surface area (Å²) in [6, 6.07) is 6.25. The average Bonchev–Trinajstić information content (AvgIpc) is 2.87. The summed E-state index contributed by atoms with van der Waals surface area (Å²) in [5.41, 5.74) is 2.14. The van der Waals surface area contributed by atoms with Crippen LogP contribution < -0.4 is 0 Å². The summed E-state index contributed by atoms with van der Waals surface area (Å²) in [7, 11) is 1.26. The van der Waals surface area contributed by atoms with Crippen molar-refractivity contribution >= 4 is 10.2 Å². The molecule has 2 heteroatoms. The zero-order valence-corrected chi connectivity index (χ0v) is 8.83. The third kappa shape index (κ3) is 1.51. The van der Waals surface area contributed by atoms with E-state index in [9.17, 15) is 0 Å². The highest BCUT2D eigenvalue weighted by Gasteiger charge is 2.29. The van der Waals surface area contributed by atoms with Crippen LogP contribution >= 0.6 is 0 Å². The maximum atomic E-state index is 4.37. The molecule has 1 aromatic rings. The maximum Gasteiger partial charge on any atom is 0.0400 e. The highest BCUT2D eigenvalue weighted by molar-refractivity contribution is 6.12. The molecule has 1 nitrogen and oxygen atoms in total. The number of pyridine rings is 1. The normalized spacial score (nSPS) is 20.0. The Hall–Kier alpha value is -0.633. The van der Waals surface area contributed by atoms with Gasteiger partial charge < -0.3 is 0 Å². The van der Waals surface area contributed by atoms with E-state index < -0.39 is 0 Å². The Morgan fingerprint density at radius 1 is 1.45 bits per heavy atom. The summed E-state index contributed by atoms with van der Waals surface area (Å²) in [6.45, 7) is 0. The fraction of sp³-hybridized carbons (Fsp3) is 0.444. The second-order valence-corrected chi connectivity index (χ2v) is 4.62. The van der Waals surface area contributed by atoms with E-state index in [-0.39, 0.29) is 0 Å². The van der Waals surface area contributed by atoms with Gasteiger partial charge in [-0.15, -0.1) is 0 Å². The van der Waals surface area contributed by atoms with Gasteiger partial charge in [0.05, 0.1) is 0 Å². The van der Waals surface area contributed by atoms with Crippen LogP contribution in [-0.2, 0) is 0 Å². The standard InChI is InChI=1S/C9H13NSi/c11-9(7-4-5-7)8-3-1-2-6-10-8/h1-3,6-7,9H,4-5H2,11H3/t9-/m0/s1. The molecule has 0 bridgehead atoms. The molecule has 1 fully saturated rings. The lowest BCUT2D eigenvalue weighted by Crippen LogP contribution is -2.02. The Bertz CT molecular complexity index is 231. The fourth-order valence-electron chi connectivity index (χ4n) is 1.48. The number of hydrogen-bond donors (Lipinski definition) is 0. The molecule has 0 N–H and O–H groups in total. The molecule has 1 aromatic heterocycles. The van der Waals surface area contributed by atoms with E-state index >= 15 is 0 Å². The van der Waals surface area contributed by atoms with Gasteiger partial charge in [0, 0.05) is 22.1 Å². The smallest absolute Gasteiger partial charge is 0.0400 e. The van der Waals surface area contributed by atoms with Crippen LogP contribution in [0.3, 0.4) is 0 Å². The largest absolute Gasteiger partial charge is 0.261 e. The second kappa shape index (κ2) is 2.78. The molecule has 11 heavy (non-hydrogen) atoms. The van der Waals surface area contributed by atoms with Crippen molar-refractivity contribution in [1.82, 2.24) is 4.98 Å². The molecule has 1 atom stereocenters. The van der Waals surface area contributed by atoms with Gasteiger partial charge >= 0.3 is 0 Å². The van der Waals surface area contributed by atoms with E-state index in [1.54, 1.807) is 0 Å². The molecule has 1 aliphatic carbocycles. The summed E-state index contributed by atoms with van der Waals surface area (Å²) < 4.78 is 0. The number of rotatable bonds is 2. The third-order valence-corrected chi connectivity index (χ3v) is 4.02. The maximum absolute atomic E-state index is 4.37. The molecule has 2 rings (SSSR count). The SMILES string of the molecule is [SiH3][C@H](c1ccccn1)C1CC1. The van der Waals surface area contributed by atoms with E-state index in [4.69, 9.17) is 0 Å². The van der Waals surface area contributed by atoms with E-state index in [1.165, 1.54) is 28.8 Å². The summed E-state index contributed by atoms with van der Waals surface area (Å²) >= 11 is 0. The number of nitrogens with zero attached hydrogens (tertiary/aromatic N) is 1. The summed E-state index contributed by atoms with van der Waals surface area (Å²) in [5.74, 6) is 0.983. The molecular formula is C9H13NSi. The van der Waals surface area contributed by atoms with Crippen molar-refractivity contribution in [2.75, 3.05) is 0 Å². The van der Waals surface area contributed by atoms with Crippen LogP contribution in [0.1, 0.15) is 24.1 Å². The Morgan fingerprint density at radius 2 is 2.27 bits per heavy atom. The van der Waals surface area contributed by atoms with Gasteiger partial charge in [0.2, 0.25) is 0 Å². The first-order valence-electron chi connectivity index (χ1n) is 4.29. The second-order valence-electron chi connectivity index (χ2n) is 3.38. The van der Waals surface area contributed by atoms with E-state index in [0.29, 0.717) is 0 Å². The van der Waals surface area contributed by atoms with E-state index in [0.717, 1.165) is 11.5 Å². The van der Waals surface area contributed by atoms with Crippen molar-refractivity contribution in [3.05, 3.63) is 30.1 Å². The molecule has 0 saturated heterocycles. The predicted octanol–water partition coefficient (Wildman–Crippen LogP) is 0.898. The molecule has 0 amide bonds. The van der Waals surface area contributed by atoms with E-state index in [1.807, 2.05) is 12.3 Å². The molecule has 58 valence electrons. The average molecular weight is 163 g/mol. The minimum Gasteiger partial charge on any atom is -0.261 e. The monoisotopic (exact) mass is 163 g/mol. The fourth-order valence-corrected chi connectivity index (χ4v) is 2.49. The Balaban J connectivity index is 2.15. The van der Waals surface area contributed by atoms with Crippen molar-refractivity contribution in [3.63, 3.8) is 0 Å². The zero-order chi connectivity index (χ0) is 7.68. The summed E-state index contributed by atoms with van der Waals surface area (Å²) in [4.78, 5) is 4.37. The Morgan fingerprint density at radius 3 is 2.82 bits per heavy atom. The zero-order valence-electron chi connectivity index (χ0n) is 6.83. The van der Waals surface area contributed by atoms with Crippen LogP contribution in [0.4, 0.5) is 0 Å². The molecule has 0 unspecified atom stereocenters. The lowest BCUT2D eigenvalue weighted by molar-refractivity contribution is 0.770. The molecule has 0 radical (unpaired) electrons. The molecule has 0 aromatic carbocycles. The Kier molecular flexibility index (Phi) is 1.78. The third-order valence-electron chi connectivity index (χ3n) is 2.48. The van der Waals surface area contributed by atoms with Crippen LogP contribution in [0, 0.1) is 5.92 Å². The molecule has 1 heterocycles. The number of hydrogen-bond acceptors (Lipinski definition) is 1. The quantitative estimate of drug-likeness (QED) is 0.590. The van der Waals surface area contributed by atoms with Crippen LogP contribution in [-0.4, -0.2) is 15.2 Å². The lowest BCUT2D eigenvalue weighted by atomic mass is 10.2. The molecule has 0 spiro atoms. The van der Waals surface area contributed by atoms with Gasteiger partial charge in [0.25, 0.3) is 0 Å². The van der Waals surface area contributed by atoms with Crippen LogP contribution in [0.15, 0.2) is 24.4 Å². The molecule has 1 aliphatic rings. The van der Waals surface area contributed by atoms with Gasteiger partial charge in [-0.25, -0.2) is 0 Å². The van der Waals surface area contributed by atoms with Crippen molar-refractivity contribution < 1.29 is 0 Å². The van der Waals surface area contributed by atoms with Gasteiger partial charge in [0.1, 0.15) is 0 Å². The minimum atomic E-state index is 0.816. The van der Waals surface area contributed by atoms with Crippen molar-refractivity contribution in [1.29, 1.82) is 0 Å². The van der Waals surface area contributed by atoms with Gasteiger partial charge in [-0.3, -0.25) is 4.98 Å². The molecule has 0 aliphatic heterocycles. The van der Waals surface area contributed by atoms with Crippen LogP contribution in [0.2, 0.25) is 0 Å². The summed E-state index contributed by atoms with van der Waals surface area (Å²) in [6.07, 6.45) is 4.78. The minimum absolute atomic E-state index is 0.816. The first-order chi connectivity index (χ1) is 5.38. The first-order valence-corrected chi connectivity index (χ1v) is 5.44. The van der Waals surface area contributed by atoms with Gasteiger partial charge in [-0.2, -0.15) is 0 Å². The number of aromatic nitrogens is 1. The van der Waals surface area contributed by atoms with Crippen molar-refractivity contribution in [2.24, 2.45) is 5.92 Å². The lowest BCUT2D eigenvalue weighted by Gasteiger charge is -2.07. The van der Waals surface area contributed by atoms with E-state index in [2.05, 4.69) is 17.1 Å². The van der Waals surface area contributed by atoms with Gasteiger partial charge in [-0.05, 0) is 36.4 Å². The van der Waals surface area contributed by atoms with Crippen LogP contribution in [0.25, 0.3) is 0 Å². The predicted molar refractivity (Wildman–Crippen MR) is 49.6 cm³/mol. The van der Waals surface area contributed by atoms with Crippen LogP contribution in [0.5, 0.6) is 0 Å². The highest BCUT2D eigenvalue weighted by Crippen LogP contribution is 2.39. The topological polar surface area (TPSA) is 12.9 Å². The molecule has 1 saturated carbocycles. The van der Waals surface area contributed by atoms with Gasteiger partial charge in [0.15, 0.2) is 0 Å². The first kappa shape index (κ1) is 7.04. The highest BCUT2D eigenvalue weighted by atomic mass is 28.1. The van der Waals surface area contributed by atoms with Crippen molar-refractivity contribution in [2.45, 2.75) is 18.4 Å². The Labute approximate surface area is 70.3 Å². The summed E-state index contributed by atoms with van der Waals surface area (Å²) in [5, 5.41) is 0. The van der Waals surface area contributed by atoms with Crippen molar-refractivity contribution in [3.8, 4) is 0 Å².